The summed E-state index contributed by atoms with van der Waals surface area (Å²) in [5.74, 6) is -0.756. The Morgan fingerprint density at radius 1 is 1.24 bits per heavy atom. The van der Waals surface area contributed by atoms with Crippen molar-refractivity contribution >= 4 is 29.2 Å². The lowest BCUT2D eigenvalue weighted by atomic mass is 10.1. The van der Waals surface area contributed by atoms with Gasteiger partial charge in [-0.2, -0.15) is 5.10 Å². The van der Waals surface area contributed by atoms with E-state index in [1.807, 2.05) is 13.8 Å². The highest BCUT2D eigenvalue weighted by Crippen LogP contribution is 2.32. The van der Waals surface area contributed by atoms with Crippen LogP contribution in [0, 0.1) is 19.7 Å². The summed E-state index contributed by atoms with van der Waals surface area (Å²) in [4.78, 5) is 31.9. The van der Waals surface area contributed by atoms with Crippen molar-refractivity contribution in [3.63, 3.8) is 0 Å². The molecule has 33 heavy (non-hydrogen) atoms. The minimum Gasteiger partial charge on any atom is -0.488 e. The Kier molecular flexibility index (Phi) is 5.12. The molecule has 2 aromatic heterocycles. The summed E-state index contributed by atoms with van der Waals surface area (Å²) in [6, 6.07) is 3.77. The Morgan fingerprint density at radius 2 is 2.03 bits per heavy atom. The molecule has 2 aliphatic rings. The van der Waals surface area contributed by atoms with Gasteiger partial charge >= 0.3 is 6.09 Å². The van der Waals surface area contributed by atoms with Crippen LogP contribution in [0.5, 0.6) is 5.75 Å². The van der Waals surface area contributed by atoms with Gasteiger partial charge in [-0.15, -0.1) is 0 Å². The van der Waals surface area contributed by atoms with Crippen LogP contribution in [0.2, 0.25) is 5.02 Å². The minimum atomic E-state index is -1.03. The van der Waals surface area contributed by atoms with E-state index < -0.39 is 18.0 Å². The lowest BCUT2D eigenvalue weighted by Crippen LogP contribution is -2.30. The SMILES string of the molecule is Cc1nc2c3c(nn2c(C)c1Cl)CN(C(=O)c1ccc(F)cc1O[C@H]1CCN(C(=O)O)C1)C3. The number of aromatic nitrogens is 3. The molecule has 2 aliphatic heterocycles. The van der Waals surface area contributed by atoms with Gasteiger partial charge in [0.15, 0.2) is 5.65 Å². The van der Waals surface area contributed by atoms with Crippen LogP contribution in [-0.4, -0.2) is 60.7 Å². The second-order valence-corrected chi connectivity index (χ2v) is 8.69. The quantitative estimate of drug-likeness (QED) is 0.625. The highest BCUT2D eigenvalue weighted by molar-refractivity contribution is 6.31. The van der Waals surface area contributed by atoms with E-state index >= 15 is 0 Å². The number of hydrogen-bond donors (Lipinski definition) is 1. The van der Waals surface area contributed by atoms with E-state index in [4.69, 9.17) is 21.4 Å². The number of carbonyl (C=O) groups excluding carboxylic acids is 1. The first-order valence-electron chi connectivity index (χ1n) is 10.5. The lowest BCUT2D eigenvalue weighted by Gasteiger charge is -2.20. The van der Waals surface area contributed by atoms with Crippen LogP contribution in [0.4, 0.5) is 9.18 Å². The third kappa shape index (κ3) is 3.64. The number of likely N-dealkylation sites (tertiary alicyclic amines) is 1. The number of rotatable bonds is 3. The van der Waals surface area contributed by atoms with Crippen molar-refractivity contribution in [1.82, 2.24) is 24.4 Å². The predicted molar refractivity (Wildman–Crippen MR) is 116 cm³/mol. The van der Waals surface area contributed by atoms with Gasteiger partial charge in [0.05, 0.1) is 47.3 Å². The van der Waals surface area contributed by atoms with Gasteiger partial charge in [-0.05, 0) is 26.0 Å². The fraction of sp³-hybridized carbons (Fsp3) is 0.364. The Balaban J connectivity index is 1.40. The number of benzene rings is 1. The monoisotopic (exact) mass is 473 g/mol. The summed E-state index contributed by atoms with van der Waals surface area (Å²) >= 11 is 6.30. The Hall–Kier alpha value is -3.40. The lowest BCUT2D eigenvalue weighted by molar-refractivity contribution is 0.0741. The topological polar surface area (TPSA) is 100 Å². The Bertz CT molecular complexity index is 1310. The highest BCUT2D eigenvalue weighted by atomic mass is 35.5. The zero-order chi connectivity index (χ0) is 23.4. The first-order valence-corrected chi connectivity index (χ1v) is 10.9. The zero-order valence-corrected chi connectivity index (χ0v) is 18.8. The third-order valence-electron chi connectivity index (χ3n) is 6.13. The molecule has 0 spiro atoms. The number of aryl methyl sites for hydroxylation is 2. The molecule has 1 aromatic carbocycles. The van der Waals surface area contributed by atoms with E-state index in [9.17, 15) is 14.0 Å². The van der Waals surface area contributed by atoms with Crippen LogP contribution in [-0.2, 0) is 13.1 Å². The van der Waals surface area contributed by atoms with Crippen molar-refractivity contribution in [3.8, 4) is 5.75 Å². The van der Waals surface area contributed by atoms with Crippen molar-refractivity contribution in [2.45, 2.75) is 39.5 Å². The number of halogens is 2. The summed E-state index contributed by atoms with van der Waals surface area (Å²) in [7, 11) is 0. The number of carboxylic acid groups (broad SMARTS) is 1. The molecule has 0 unspecified atom stereocenters. The van der Waals surface area contributed by atoms with E-state index in [-0.39, 0.29) is 30.3 Å². The highest BCUT2D eigenvalue weighted by Gasteiger charge is 2.33. The summed E-state index contributed by atoms with van der Waals surface area (Å²) < 4.78 is 21.6. The maximum Gasteiger partial charge on any atom is 0.407 e. The fourth-order valence-electron chi connectivity index (χ4n) is 4.38. The molecule has 0 bridgehead atoms. The maximum absolute atomic E-state index is 14.0. The molecular formula is C22H21ClFN5O4. The van der Waals surface area contributed by atoms with Crippen molar-refractivity contribution in [2.24, 2.45) is 0 Å². The smallest absolute Gasteiger partial charge is 0.407 e. The first kappa shape index (κ1) is 21.4. The van der Waals surface area contributed by atoms with Crippen molar-refractivity contribution in [1.29, 1.82) is 0 Å². The van der Waals surface area contributed by atoms with Gasteiger partial charge < -0.3 is 19.6 Å². The van der Waals surface area contributed by atoms with E-state index in [1.165, 1.54) is 23.1 Å². The minimum absolute atomic E-state index is 0.104. The zero-order valence-electron chi connectivity index (χ0n) is 18.0. The van der Waals surface area contributed by atoms with E-state index in [0.29, 0.717) is 35.9 Å². The molecule has 11 heteroatoms. The fourth-order valence-corrected chi connectivity index (χ4v) is 4.50. The second-order valence-electron chi connectivity index (χ2n) is 8.32. The molecule has 1 atom stereocenters. The maximum atomic E-state index is 14.0. The first-order chi connectivity index (χ1) is 15.7. The summed E-state index contributed by atoms with van der Waals surface area (Å²) in [5.41, 5.74) is 3.94. The molecule has 3 aromatic rings. The van der Waals surface area contributed by atoms with Crippen molar-refractivity contribution in [3.05, 3.63) is 57.2 Å². The van der Waals surface area contributed by atoms with E-state index in [0.717, 1.165) is 17.0 Å². The molecule has 2 amide bonds. The summed E-state index contributed by atoms with van der Waals surface area (Å²) in [6.07, 6.45) is -1.01. The van der Waals surface area contributed by atoms with Gasteiger partial charge in [0, 0.05) is 24.6 Å². The van der Waals surface area contributed by atoms with Crippen molar-refractivity contribution in [2.75, 3.05) is 13.1 Å². The number of amides is 2. The molecule has 172 valence electrons. The molecule has 1 saturated heterocycles. The van der Waals surface area contributed by atoms with Crippen LogP contribution < -0.4 is 4.74 Å². The molecule has 4 heterocycles. The van der Waals surface area contributed by atoms with Crippen molar-refractivity contribution < 1.29 is 23.8 Å². The molecular weight excluding hydrogens is 453 g/mol. The second kappa shape index (κ2) is 7.87. The molecule has 5 rings (SSSR count). The van der Waals surface area contributed by atoms with Gasteiger partial charge in [-0.25, -0.2) is 18.7 Å². The predicted octanol–water partition coefficient (Wildman–Crippen LogP) is 3.43. The Morgan fingerprint density at radius 3 is 2.76 bits per heavy atom. The van der Waals surface area contributed by atoms with Gasteiger partial charge in [0.2, 0.25) is 0 Å². The Labute approximate surface area is 193 Å². The summed E-state index contributed by atoms with van der Waals surface area (Å²) in [5, 5.41) is 14.3. The van der Waals surface area contributed by atoms with E-state index in [2.05, 4.69) is 10.1 Å². The normalized spacial score (nSPS) is 17.6. The van der Waals surface area contributed by atoms with Crippen LogP contribution >= 0.6 is 11.6 Å². The number of carbonyl (C=O) groups is 2. The number of nitrogens with zero attached hydrogens (tertiary/aromatic N) is 5. The number of ether oxygens (including phenoxy) is 1. The molecule has 0 aliphatic carbocycles. The number of fused-ring (bicyclic) bond motifs is 3. The van der Waals surface area contributed by atoms with Crippen LogP contribution in [0.3, 0.4) is 0 Å². The van der Waals surface area contributed by atoms with Gasteiger partial charge in [0.1, 0.15) is 17.7 Å². The van der Waals surface area contributed by atoms with Crippen LogP contribution in [0.1, 0.15) is 39.4 Å². The van der Waals surface area contributed by atoms with Gasteiger partial charge in [-0.3, -0.25) is 4.79 Å². The van der Waals surface area contributed by atoms with Crippen LogP contribution in [0.15, 0.2) is 18.2 Å². The van der Waals surface area contributed by atoms with Gasteiger partial charge in [0.25, 0.3) is 5.91 Å². The molecule has 1 N–H and O–H groups in total. The average Bonchev–Trinajstić information content (AvgIpc) is 3.47. The third-order valence-corrected chi connectivity index (χ3v) is 6.67. The average molecular weight is 474 g/mol. The molecule has 0 saturated carbocycles. The molecule has 0 radical (unpaired) electrons. The molecule has 9 nitrogen and oxygen atoms in total. The van der Waals surface area contributed by atoms with Crippen LogP contribution in [0.25, 0.3) is 5.65 Å². The number of hydrogen-bond acceptors (Lipinski definition) is 5. The standard InChI is InChI=1S/C22H21ClFN5O4/c1-11-19(23)12(2)29-20(25-11)16-9-28(10-17(16)26-29)21(30)15-4-3-13(24)7-18(15)33-14-5-6-27(8-14)22(31)32/h3-4,7,14H,5-6,8-10H2,1-2H3,(H,31,32)/t14-/m0/s1. The van der Waals surface area contributed by atoms with E-state index in [1.54, 1.807) is 9.42 Å². The van der Waals surface area contributed by atoms with Gasteiger partial charge in [-0.1, -0.05) is 11.6 Å². The molecule has 1 fully saturated rings. The largest absolute Gasteiger partial charge is 0.488 e. The summed E-state index contributed by atoms with van der Waals surface area (Å²) in [6.45, 7) is 4.77.